The first-order valence-corrected chi connectivity index (χ1v) is 7.92. The third-order valence-electron chi connectivity index (χ3n) is 2.71. The molecule has 0 spiro atoms. The molecule has 0 bridgehead atoms. The predicted molar refractivity (Wildman–Crippen MR) is 97.8 cm³/mol. The van der Waals surface area contributed by atoms with E-state index >= 15 is 0 Å². The molecule has 139 valence electrons. The van der Waals surface area contributed by atoms with Crippen molar-refractivity contribution in [3.05, 3.63) is 21.3 Å². The molecule has 0 aromatic carbocycles. The first-order chi connectivity index (χ1) is 9.30. The van der Waals surface area contributed by atoms with E-state index in [4.69, 9.17) is 0 Å². The Bertz CT molecular complexity index is 222. The van der Waals surface area contributed by atoms with Gasteiger partial charge in [-0.25, -0.2) is 6.17 Å². The van der Waals surface area contributed by atoms with Crippen LogP contribution in [0.2, 0.25) is 0 Å². The largest absolute Gasteiger partial charge is 0.673 e. The topological polar surface area (TPSA) is 56.4 Å². The van der Waals surface area contributed by atoms with Crippen LogP contribution < -0.4 is 0 Å². The van der Waals surface area contributed by atoms with E-state index in [2.05, 4.69) is 76.7 Å². The molecule has 0 saturated heterocycles. The Morgan fingerprint density at radius 1 is 0.682 bits per heavy atom. The van der Waals surface area contributed by atoms with Gasteiger partial charge in [-0.15, -0.1) is 30.1 Å². The minimum absolute atomic E-state index is 0. The Balaban J connectivity index is -0.000000326. The van der Waals surface area contributed by atoms with Crippen LogP contribution in [-0.4, -0.2) is 43.4 Å². The van der Waals surface area contributed by atoms with E-state index in [9.17, 15) is 0 Å². The Hall–Kier alpha value is 0.346. The van der Waals surface area contributed by atoms with Crippen molar-refractivity contribution in [2.24, 2.45) is 0 Å². The van der Waals surface area contributed by atoms with Crippen LogP contribution in [0, 0.1) is 0 Å². The van der Waals surface area contributed by atoms with Gasteiger partial charge in [0.15, 0.2) is 0 Å². The molecule has 0 amide bonds. The molecule has 2 atom stereocenters. The van der Waals surface area contributed by atoms with Gasteiger partial charge in [0, 0.05) is 16.8 Å². The van der Waals surface area contributed by atoms with Gasteiger partial charge in [-0.2, -0.15) is 14.1 Å². The van der Waals surface area contributed by atoms with Gasteiger partial charge in [0.05, 0.1) is 0 Å². The predicted octanol–water partition coefficient (Wildman–Crippen LogP) is 5.83. The number of hydrogen-bond acceptors (Lipinski definition) is 0. The molecule has 2 unspecified atom stereocenters. The Labute approximate surface area is 150 Å². The fraction of sp³-hybridized carbons (Fsp3) is 1.00. The van der Waals surface area contributed by atoms with Crippen molar-refractivity contribution < 1.29 is 16.8 Å². The van der Waals surface area contributed by atoms with Crippen molar-refractivity contribution in [1.29, 1.82) is 0 Å². The van der Waals surface area contributed by atoms with E-state index in [0.29, 0.717) is 12.1 Å². The summed E-state index contributed by atoms with van der Waals surface area (Å²) >= 11 is 0. The SMILES string of the molecule is CC([N-]C(C)(C)C)[N-]C(C)(C)C.C[N-]C(C)CC(C)[N-]C.[Co]. The fourth-order valence-corrected chi connectivity index (χ4v) is 1.85. The Kier molecular flexibility index (Phi) is 15.7. The van der Waals surface area contributed by atoms with Gasteiger partial charge >= 0.3 is 0 Å². The monoisotopic (exact) mass is 357 g/mol. The zero-order valence-corrected chi connectivity index (χ0v) is 17.6. The third-order valence-corrected chi connectivity index (χ3v) is 2.71. The molecule has 0 aliphatic heterocycles. The first kappa shape index (κ1) is 27.2. The maximum Gasteiger partial charge on any atom is 0 e. The first-order valence-electron chi connectivity index (χ1n) is 7.92. The van der Waals surface area contributed by atoms with Crippen LogP contribution in [0.4, 0.5) is 0 Å². The van der Waals surface area contributed by atoms with Crippen molar-refractivity contribution in [2.75, 3.05) is 14.1 Å². The van der Waals surface area contributed by atoms with Crippen LogP contribution in [0.3, 0.4) is 0 Å². The minimum atomic E-state index is 0. The van der Waals surface area contributed by atoms with E-state index in [1.807, 2.05) is 21.0 Å². The maximum absolute atomic E-state index is 4.53. The van der Waals surface area contributed by atoms with Crippen LogP contribution in [0.5, 0.6) is 0 Å². The summed E-state index contributed by atoms with van der Waals surface area (Å²) in [6.45, 7) is 18.9. The summed E-state index contributed by atoms with van der Waals surface area (Å²) in [5, 5.41) is 17.3. The Morgan fingerprint density at radius 2 is 0.955 bits per heavy atom. The quantitative estimate of drug-likeness (QED) is 0.574. The van der Waals surface area contributed by atoms with Crippen molar-refractivity contribution in [3.63, 3.8) is 0 Å². The van der Waals surface area contributed by atoms with Crippen molar-refractivity contribution >= 4 is 0 Å². The van der Waals surface area contributed by atoms with Crippen LogP contribution >= 0.6 is 0 Å². The molecule has 0 aliphatic carbocycles. The summed E-state index contributed by atoms with van der Waals surface area (Å²) in [4.78, 5) is 0. The zero-order chi connectivity index (χ0) is 17.3. The Morgan fingerprint density at radius 3 is 1.14 bits per heavy atom. The van der Waals surface area contributed by atoms with Crippen molar-refractivity contribution in [1.82, 2.24) is 0 Å². The fourth-order valence-electron chi connectivity index (χ4n) is 1.85. The van der Waals surface area contributed by atoms with Gasteiger partial charge < -0.3 is 21.3 Å². The molecule has 4 nitrogen and oxygen atoms in total. The molecule has 0 saturated carbocycles. The summed E-state index contributed by atoms with van der Waals surface area (Å²) in [5.41, 5.74) is 0.0440. The van der Waals surface area contributed by atoms with Gasteiger partial charge in [0.25, 0.3) is 0 Å². The molecule has 0 N–H and O–H groups in total. The van der Waals surface area contributed by atoms with E-state index in [-0.39, 0.29) is 34.0 Å². The third kappa shape index (κ3) is 22.6. The van der Waals surface area contributed by atoms with Crippen LogP contribution in [0.15, 0.2) is 0 Å². The van der Waals surface area contributed by atoms with Gasteiger partial charge in [0.2, 0.25) is 0 Å². The molecule has 5 heteroatoms. The number of hydrogen-bond donors (Lipinski definition) is 0. The standard InChI is InChI=1S/C10H22N2.C7H16N2.Co/c1-8(11-9(2,3)4)12-10(5,6)7;1-6(8-3)5-7(2)9-4;/h8H,1-7H3;6-7H,5H2,1-4H3;/q2*-2;. The van der Waals surface area contributed by atoms with Crippen molar-refractivity contribution in [2.45, 2.75) is 98.1 Å². The average Bonchev–Trinajstić information content (AvgIpc) is 2.24. The average molecular weight is 357 g/mol. The smallest absolute Gasteiger partial charge is 0 e. The van der Waals surface area contributed by atoms with Crippen LogP contribution in [0.25, 0.3) is 21.3 Å². The molecule has 0 rings (SSSR count). The summed E-state index contributed by atoms with van der Waals surface area (Å²) in [7, 11) is 3.71. The summed E-state index contributed by atoms with van der Waals surface area (Å²) < 4.78 is 0. The number of nitrogens with zero attached hydrogens (tertiary/aromatic N) is 4. The maximum atomic E-state index is 4.53. The van der Waals surface area contributed by atoms with E-state index in [0.717, 1.165) is 6.42 Å². The minimum Gasteiger partial charge on any atom is -0.673 e. The van der Waals surface area contributed by atoms with Crippen LogP contribution in [0.1, 0.15) is 68.7 Å². The van der Waals surface area contributed by atoms with E-state index in [1.165, 1.54) is 0 Å². The summed E-state index contributed by atoms with van der Waals surface area (Å²) in [5.74, 6) is 0. The molecule has 0 heterocycles. The number of rotatable bonds is 6. The summed E-state index contributed by atoms with van der Waals surface area (Å²) in [6, 6.07) is 0.924. The molecule has 1 radical (unpaired) electrons. The van der Waals surface area contributed by atoms with Crippen molar-refractivity contribution in [3.8, 4) is 0 Å². The molecular formula is C17H38CoN4-4. The second-order valence-electron chi connectivity index (χ2n) is 7.68. The zero-order valence-electron chi connectivity index (χ0n) is 16.6. The molecule has 0 aliphatic rings. The van der Waals surface area contributed by atoms with Gasteiger partial charge in [-0.3, -0.25) is 0 Å². The molecule has 22 heavy (non-hydrogen) atoms. The second-order valence-corrected chi connectivity index (χ2v) is 7.68. The van der Waals surface area contributed by atoms with E-state index in [1.54, 1.807) is 0 Å². The van der Waals surface area contributed by atoms with Gasteiger partial charge in [-0.1, -0.05) is 61.8 Å². The van der Waals surface area contributed by atoms with E-state index < -0.39 is 0 Å². The molecule has 0 aromatic rings. The normalized spacial score (nSPS) is 14.7. The van der Waals surface area contributed by atoms with Crippen LogP contribution in [-0.2, 0) is 16.8 Å². The second kappa shape index (κ2) is 12.7. The molecule has 0 aromatic heterocycles. The van der Waals surface area contributed by atoms with Gasteiger partial charge in [-0.05, 0) is 0 Å². The molecule has 0 fully saturated rings. The summed E-state index contributed by atoms with van der Waals surface area (Å²) in [6.07, 6.45) is 1.18. The molecular weight excluding hydrogens is 319 g/mol. The van der Waals surface area contributed by atoms with Gasteiger partial charge in [0.1, 0.15) is 0 Å².